The van der Waals surface area contributed by atoms with Gasteiger partial charge in [0.1, 0.15) is 6.61 Å². The molecule has 6 heteroatoms. The summed E-state index contributed by atoms with van der Waals surface area (Å²) in [6, 6.07) is 5.32. The number of carbonyl (C=O) groups excluding carboxylic acids is 1. The van der Waals surface area contributed by atoms with Crippen molar-refractivity contribution in [3.05, 3.63) is 23.2 Å². The van der Waals surface area contributed by atoms with Gasteiger partial charge in [0.05, 0.1) is 17.3 Å². The molecular formula is C14H19ClN2O3. The van der Waals surface area contributed by atoms with Gasteiger partial charge in [-0.15, -0.1) is 0 Å². The van der Waals surface area contributed by atoms with Crippen molar-refractivity contribution in [3.8, 4) is 5.75 Å². The van der Waals surface area contributed by atoms with Gasteiger partial charge in [-0.3, -0.25) is 0 Å². The molecule has 1 fully saturated rings. The lowest BCUT2D eigenvalue weighted by atomic mass is 10.3. The molecular weight excluding hydrogens is 280 g/mol. The number of hydrogen-bond acceptors (Lipinski definition) is 3. The van der Waals surface area contributed by atoms with Crippen LogP contribution < -0.4 is 15.4 Å². The molecule has 0 spiro atoms. The zero-order valence-electron chi connectivity index (χ0n) is 11.4. The van der Waals surface area contributed by atoms with E-state index in [9.17, 15) is 4.79 Å². The second-order valence-electron chi connectivity index (χ2n) is 4.53. The maximum atomic E-state index is 11.8. The maximum absolute atomic E-state index is 11.8. The van der Waals surface area contributed by atoms with Crippen LogP contribution >= 0.6 is 11.6 Å². The summed E-state index contributed by atoms with van der Waals surface area (Å²) in [5.74, 6) is 0.472. The van der Waals surface area contributed by atoms with Gasteiger partial charge in [-0.25, -0.2) is 4.79 Å². The van der Waals surface area contributed by atoms with Gasteiger partial charge in [-0.05, 0) is 31.9 Å². The number of halogens is 1. The third-order valence-electron chi connectivity index (χ3n) is 2.81. The number of benzene rings is 1. The number of rotatable bonds is 7. The lowest BCUT2D eigenvalue weighted by molar-refractivity contribution is 0.110. The molecule has 2 amide bonds. The highest BCUT2D eigenvalue weighted by Gasteiger charge is 2.23. The zero-order valence-corrected chi connectivity index (χ0v) is 12.2. The maximum Gasteiger partial charge on any atom is 0.319 e. The van der Waals surface area contributed by atoms with Crippen LogP contribution in [0.5, 0.6) is 5.75 Å². The van der Waals surface area contributed by atoms with E-state index in [0.29, 0.717) is 42.3 Å². The first-order valence-corrected chi connectivity index (χ1v) is 7.15. The lowest BCUT2D eigenvalue weighted by Gasteiger charge is -2.14. The molecule has 2 rings (SSSR count). The minimum absolute atomic E-state index is 0.232. The highest BCUT2D eigenvalue weighted by atomic mass is 35.5. The second-order valence-corrected chi connectivity index (χ2v) is 4.94. The van der Waals surface area contributed by atoms with Crippen molar-refractivity contribution in [2.24, 2.45) is 0 Å². The third kappa shape index (κ3) is 4.58. The fourth-order valence-corrected chi connectivity index (χ4v) is 1.90. The van der Waals surface area contributed by atoms with Crippen LogP contribution in [0, 0.1) is 0 Å². The van der Waals surface area contributed by atoms with Crippen molar-refractivity contribution in [2.75, 3.05) is 25.1 Å². The van der Waals surface area contributed by atoms with E-state index in [2.05, 4.69) is 10.6 Å². The zero-order chi connectivity index (χ0) is 14.4. The van der Waals surface area contributed by atoms with E-state index >= 15 is 0 Å². The Balaban J connectivity index is 1.95. The number of hydrogen-bond donors (Lipinski definition) is 2. The van der Waals surface area contributed by atoms with E-state index in [4.69, 9.17) is 21.1 Å². The average molecular weight is 299 g/mol. The molecule has 1 aliphatic rings. The van der Waals surface area contributed by atoms with Crippen LogP contribution in [0.25, 0.3) is 0 Å². The highest BCUT2D eigenvalue weighted by molar-refractivity contribution is 6.32. The molecule has 110 valence electrons. The smallest absolute Gasteiger partial charge is 0.319 e. The van der Waals surface area contributed by atoms with Gasteiger partial charge in [0.25, 0.3) is 0 Å². The summed E-state index contributed by atoms with van der Waals surface area (Å²) >= 11 is 6.11. The van der Waals surface area contributed by atoms with Crippen molar-refractivity contribution >= 4 is 23.3 Å². The van der Waals surface area contributed by atoms with E-state index in [0.717, 1.165) is 12.8 Å². The summed E-state index contributed by atoms with van der Waals surface area (Å²) in [6.45, 7) is 3.43. The number of carbonyl (C=O) groups is 1. The summed E-state index contributed by atoms with van der Waals surface area (Å²) in [5.41, 5.74) is 0.562. The topological polar surface area (TPSA) is 59.6 Å². The van der Waals surface area contributed by atoms with Crippen molar-refractivity contribution < 1.29 is 14.3 Å². The Bertz CT molecular complexity index is 464. The van der Waals surface area contributed by atoms with Crippen LogP contribution in [0.2, 0.25) is 5.02 Å². The molecule has 0 radical (unpaired) electrons. The number of nitrogens with one attached hydrogen (secondary N) is 2. The largest absolute Gasteiger partial charge is 0.487 e. The first-order chi connectivity index (χ1) is 9.70. The molecule has 5 nitrogen and oxygen atoms in total. The predicted octanol–water partition coefficient (Wildman–Crippen LogP) is 3.04. The summed E-state index contributed by atoms with van der Waals surface area (Å²) in [4.78, 5) is 11.8. The number of urea groups is 1. The van der Waals surface area contributed by atoms with E-state index in [-0.39, 0.29) is 6.03 Å². The predicted molar refractivity (Wildman–Crippen MR) is 78.6 cm³/mol. The van der Waals surface area contributed by atoms with E-state index in [1.165, 1.54) is 0 Å². The monoisotopic (exact) mass is 298 g/mol. The van der Waals surface area contributed by atoms with E-state index < -0.39 is 0 Å². The molecule has 0 saturated heterocycles. The van der Waals surface area contributed by atoms with Crippen molar-refractivity contribution in [2.45, 2.75) is 25.8 Å². The first-order valence-electron chi connectivity index (χ1n) is 6.77. The van der Waals surface area contributed by atoms with Gasteiger partial charge in [0.15, 0.2) is 5.75 Å². The molecule has 1 aromatic carbocycles. The quantitative estimate of drug-likeness (QED) is 0.761. The normalized spacial score (nSPS) is 13.9. The Morgan fingerprint density at radius 1 is 1.40 bits per heavy atom. The van der Waals surface area contributed by atoms with Gasteiger partial charge in [-0.1, -0.05) is 17.7 Å². The Morgan fingerprint density at radius 3 is 2.90 bits per heavy atom. The SMILES string of the molecule is CCOCCOc1c(Cl)cccc1NC(=O)NC1CC1. The van der Waals surface area contributed by atoms with Gasteiger partial charge >= 0.3 is 6.03 Å². The fraction of sp³-hybridized carbons (Fsp3) is 0.500. The number of amides is 2. The van der Waals surface area contributed by atoms with Crippen LogP contribution in [-0.4, -0.2) is 31.9 Å². The Labute approximate surface area is 123 Å². The summed E-state index contributed by atoms with van der Waals surface area (Å²) < 4.78 is 10.8. The van der Waals surface area contributed by atoms with Gasteiger partial charge in [0, 0.05) is 12.6 Å². The van der Waals surface area contributed by atoms with Gasteiger partial charge < -0.3 is 20.1 Å². The fourth-order valence-electron chi connectivity index (χ4n) is 1.67. The molecule has 20 heavy (non-hydrogen) atoms. The van der Waals surface area contributed by atoms with Crippen molar-refractivity contribution in [1.82, 2.24) is 5.32 Å². The van der Waals surface area contributed by atoms with Crippen molar-refractivity contribution in [1.29, 1.82) is 0 Å². The Kier molecular flexibility index (Phi) is 5.49. The van der Waals surface area contributed by atoms with Gasteiger partial charge in [-0.2, -0.15) is 0 Å². The van der Waals surface area contributed by atoms with Crippen LogP contribution in [0.3, 0.4) is 0 Å². The summed E-state index contributed by atoms with van der Waals surface area (Å²) in [7, 11) is 0. The van der Waals surface area contributed by atoms with E-state index in [1.807, 2.05) is 6.92 Å². The summed E-state index contributed by atoms with van der Waals surface area (Å²) in [5, 5.41) is 6.08. The first kappa shape index (κ1) is 14.9. The minimum atomic E-state index is -0.232. The van der Waals surface area contributed by atoms with Crippen LogP contribution in [0.4, 0.5) is 10.5 Å². The molecule has 0 unspecified atom stereocenters. The lowest BCUT2D eigenvalue weighted by Crippen LogP contribution is -2.30. The molecule has 0 aromatic heterocycles. The van der Waals surface area contributed by atoms with E-state index in [1.54, 1.807) is 18.2 Å². The second kappa shape index (κ2) is 7.36. The van der Waals surface area contributed by atoms with Crippen LogP contribution in [0.15, 0.2) is 18.2 Å². The molecule has 1 aromatic rings. The highest BCUT2D eigenvalue weighted by Crippen LogP contribution is 2.33. The number of anilines is 1. The molecule has 1 saturated carbocycles. The Hall–Kier alpha value is -1.46. The van der Waals surface area contributed by atoms with Gasteiger partial charge in [0.2, 0.25) is 0 Å². The Morgan fingerprint density at radius 2 is 2.20 bits per heavy atom. The average Bonchev–Trinajstić information content (AvgIpc) is 3.21. The molecule has 0 atom stereocenters. The molecule has 2 N–H and O–H groups in total. The third-order valence-corrected chi connectivity index (χ3v) is 3.10. The minimum Gasteiger partial charge on any atom is -0.487 e. The van der Waals surface area contributed by atoms with Crippen LogP contribution in [-0.2, 0) is 4.74 Å². The standard InChI is InChI=1S/C14H19ClN2O3/c1-2-19-8-9-20-13-11(15)4-3-5-12(13)17-14(18)16-10-6-7-10/h3-5,10H,2,6-9H2,1H3,(H2,16,17,18). The van der Waals surface area contributed by atoms with Crippen LogP contribution in [0.1, 0.15) is 19.8 Å². The molecule has 0 bridgehead atoms. The molecule has 0 heterocycles. The number of para-hydroxylation sites is 1. The molecule has 1 aliphatic carbocycles. The number of ether oxygens (including phenoxy) is 2. The summed E-state index contributed by atoms with van der Waals surface area (Å²) in [6.07, 6.45) is 2.08. The van der Waals surface area contributed by atoms with Crippen molar-refractivity contribution in [3.63, 3.8) is 0 Å². The molecule has 0 aliphatic heterocycles.